The first-order chi connectivity index (χ1) is 11.1. The zero-order valence-electron chi connectivity index (χ0n) is 11.9. The number of aromatic nitrogens is 2. The molecule has 116 valence electrons. The van der Waals surface area contributed by atoms with Crippen molar-refractivity contribution >= 4 is 11.6 Å². The van der Waals surface area contributed by atoms with Crippen molar-refractivity contribution in [2.24, 2.45) is 0 Å². The molecule has 0 spiro atoms. The van der Waals surface area contributed by atoms with E-state index < -0.39 is 17.2 Å². The van der Waals surface area contributed by atoms with Crippen molar-refractivity contribution in [3.05, 3.63) is 76.1 Å². The number of amides is 1. The lowest BCUT2D eigenvalue weighted by molar-refractivity contribution is 0.0942. The van der Waals surface area contributed by atoms with Gasteiger partial charge < -0.3 is 10.4 Å². The molecule has 2 N–H and O–H groups in total. The molecule has 7 heteroatoms. The summed E-state index contributed by atoms with van der Waals surface area (Å²) < 4.78 is 14.0. The highest BCUT2D eigenvalue weighted by Crippen LogP contribution is 2.11. The molecule has 0 aliphatic heterocycles. The van der Waals surface area contributed by atoms with Crippen molar-refractivity contribution in [1.82, 2.24) is 14.7 Å². The highest BCUT2D eigenvalue weighted by Gasteiger charge is 2.18. The summed E-state index contributed by atoms with van der Waals surface area (Å²) in [6.07, 6.45) is 1.45. The highest BCUT2D eigenvalue weighted by molar-refractivity contribution is 5.95. The summed E-state index contributed by atoms with van der Waals surface area (Å²) in [6, 6.07) is 10.4. The number of carbonyl (C=O) groups excluding carboxylic acids is 1. The monoisotopic (exact) mass is 313 g/mol. The summed E-state index contributed by atoms with van der Waals surface area (Å²) in [6.45, 7) is 0.119. The summed E-state index contributed by atoms with van der Waals surface area (Å²) in [5.74, 6) is -1.78. The Balaban J connectivity index is 1.87. The van der Waals surface area contributed by atoms with Crippen LogP contribution < -0.4 is 10.9 Å². The number of hydrogen-bond acceptors (Lipinski definition) is 4. The van der Waals surface area contributed by atoms with Crippen LogP contribution in [0, 0.1) is 5.82 Å². The number of hydrogen-bond donors (Lipinski definition) is 2. The van der Waals surface area contributed by atoms with Gasteiger partial charge in [-0.25, -0.2) is 9.37 Å². The number of benzene rings is 1. The molecule has 1 aromatic carbocycles. The van der Waals surface area contributed by atoms with Gasteiger partial charge in [0, 0.05) is 12.7 Å². The molecule has 0 radical (unpaired) electrons. The number of aromatic hydroxyl groups is 1. The van der Waals surface area contributed by atoms with E-state index in [4.69, 9.17) is 0 Å². The van der Waals surface area contributed by atoms with Gasteiger partial charge in [0.2, 0.25) is 5.75 Å². The molecule has 0 saturated heterocycles. The first-order valence-corrected chi connectivity index (χ1v) is 6.79. The van der Waals surface area contributed by atoms with Gasteiger partial charge in [0.25, 0.3) is 5.91 Å². The number of nitrogens with zero attached hydrogens (tertiary/aromatic N) is 2. The Bertz CT molecular complexity index is 935. The predicted molar refractivity (Wildman–Crippen MR) is 80.7 cm³/mol. The van der Waals surface area contributed by atoms with E-state index in [2.05, 4.69) is 10.3 Å². The fraction of sp³-hybridized carbons (Fsp3) is 0.0625. The van der Waals surface area contributed by atoms with Gasteiger partial charge >= 0.3 is 5.56 Å². The Morgan fingerprint density at radius 1 is 1.22 bits per heavy atom. The fourth-order valence-electron chi connectivity index (χ4n) is 2.11. The summed E-state index contributed by atoms with van der Waals surface area (Å²) >= 11 is 0. The molecule has 3 aromatic rings. The number of halogens is 1. The van der Waals surface area contributed by atoms with Gasteiger partial charge in [-0.1, -0.05) is 18.2 Å². The molecule has 0 saturated carbocycles. The summed E-state index contributed by atoms with van der Waals surface area (Å²) in [4.78, 5) is 28.2. The van der Waals surface area contributed by atoms with Crippen LogP contribution in [0.25, 0.3) is 5.65 Å². The Morgan fingerprint density at radius 2 is 1.96 bits per heavy atom. The summed E-state index contributed by atoms with van der Waals surface area (Å²) in [7, 11) is 0. The van der Waals surface area contributed by atoms with E-state index in [1.54, 1.807) is 18.2 Å². The Morgan fingerprint density at radius 3 is 2.70 bits per heavy atom. The number of carbonyl (C=O) groups is 1. The number of nitrogens with one attached hydrogen (secondary N) is 1. The van der Waals surface area contributed by atoms with Gasteiger partial charge in [0.15, 0.2) is 5.69 Å². The van der Waals surface area contributed by atoms with Crippen LogP contribution in [0.4, 0.5) is 4.39 Å². The van der Waals surface area contributed by atoms with Gasteiger partial charge in [-0.2, -0.15) is 0 Å². The Hall–Kier alpha value is -3.22. The molecule has 0 atom stereocenters. The number of rotatable bonds is 3. The van der Waals surface area contributed by atoms with Gasteiger partial charge in [-0.05, 0) is 29.8 Å². The molecular formula is C16H12FN3O3. The molecule has 23 heavy (non-hydrogen) atoms. The quantitative estimate of drug-likeness (QED) is 0.767. The first kappa shape index (κ1) is 14.7. The van der Waals surface area contributed by atoms with Crippen molar-refractivity contribution < 1.29 is 14.3 Å². The third kappa shape index (κ3) is 2.89. The SMILES string of the molecule is O=C(NCc1ccc(F)cc1)c1nc2ccccn2c(=O)c1O. The molecule has 0 bridgehead atoms. The van der Waals surface area contributed by atoms with E-state index >= 15 is 0 Å². The lowest BCUT2D eigenvalue weighted by atomic mass is 10.2. The Labute approximate surface area is 129 Å². The van der Waals surface area contributed by atoms with Crippen LogP contribution in [0.3, 0.4) is 0 Å². The smallest absolute Gasteiger partial charge is 0.300 e. The van der Waals surface area contributed by atoms with Crippen LogP contribution in [-0.2, 0) is 6.54 Å². The predicted octanol–water partition coefficient (Wildman–Crippen LogP) is 1.47. The Kier molecular flexibility index (Phi) is 3.76. The molecule has 0 aliphatic carbocycles. The lowest BCUT2D eigenvalue weighted by Crippen LogP contribution is -2.27. The van der Waals surface area contributed by atoms with E-state index in [0.29, 0.717) is 5.56 Å². The minimum atomic E-state index is -0.720. The summed E-state index contributed by atoms with van der Waals surface area (Å²) in [5, 5.41) is 12.4. The van der Waals surface area contributed by atoms with Crippen LogP contribution in [0.15, 0.2) is 53.5 Å². The molecule has 1 amide bonds. The highest BCUT2D eigenvalue weighted by atomic mass is 19.1. The van der Waals surface area contributed by atoms with Gasteiger partial charge in [0.05, 0.1) is 0 Å². The van der Waals surface area contributed by atoms with Crippen molar-refractivity contribution in [1.29, 1.82) is 0 Å². The van der Waals surface area contributed by atoms with Crippen LogP contribution in [0.5, 0.6) is 5.75 Å². The van der Waals surface area contributed by atoms with E-state index in [1.165, 1.54) is 30.5 Å². The van der Waals surface area contributed by atoms with E-state index in [1.807, 2.05) is 0 Å². The topological polar surface area (TPSA) is 83.7 Å². The maximum atomic E-state index is 12.8. The third-order valence-electron chi connectivity index (χ3n) is 3.29. The van der Waals surface area contributed by atoms with E-state index in [-0.39, 0.29) is 23.7 Å². The first-order valence-electron chi connectivity index (χ1n) is 6.79. The summed E-state index contributed by atoms with van der Waals surface area (Å²) in [5.41, 5.74) is -0.134. The molecule has 2 aromatic heterocycles. The number of fused-ring (bicyclic) bond motifs is 1. The number of pyridine rings is 1. The second-order valence-electron chi connectivity index (χ2n) is 4.85. The van der Waals surface area contributed by atoms with Crippen molar-refractivity contribution in [3.63, 3.8) is 0 Å². The average molecular weight is 313 g/mol. The van der Waals surface area contributed by atoms with Crippen molar-refractivity contribution in [2.75, 3.05) is 0 Å². The molecule has 0 fully saturated rings. The van der Waals surface area contributed by atoms with Gasteiger partial charge in [-0.3, -0.25) is 14.0 Å². The molecule has 6 nitrogen and oxygen atoms in total. The third-order valence-corrected chi connectivity index (χ3v) is 3.29. The van der Waals surface area contributed by atoms with Gasteiger partial charge in [-0.15, -0.1) is 0 Å². The maximum absolute atomic E-state index is 12.8. The largest absolute Gasteiger partial charge is 0.501 e. The zero-order valence-corrected chi connectivity index (χ0v) is 11.9. The van der Waals surface area contributed by atoms with Crippen molar-refractivity contribution in [3.8, 4) is 5.75 Å². The normalized spacial score (nSPS) is 10.7. The maximum Gasteiger partial charge on any atom is 0.300 e. The zero-order chi connectivity index (χ0) is 16.4. The molecule has 2 heterocycles. The van der Waals surface area contributed by atoms with Crippen LogP contribution in [-0.4, -0.2) is 20.4 Å². The van der Waals surface area contributed by atoms with Crippen molar-refractivity contribution in [2.45, 2.75) is 6.54 Å². The minimum absolute atomic E-state index is 0.119. The second-order valence-corrected chi connectivity index (χ2v) is 4.85. The molecule has 0 aliphatic rings. The van der Waals surface area contributed by atoms with Crippen LogP contribution in [0.1, 0.15) is 16.1 Å². The fourth-order valence-corrected chi connectivity index (χ4v) is 2.11. The molecule has 0 unspecified atom stereocenters. The standard InChI is InChI=1S/C16H12FN3O3/c17-11-6-4-10(5-7-11)9-18-15(22)13-14(21)16(23)20-8-2-1-3-12(20)19-13/h1-8,21H,9H2,(H,18,22). The lowest BCUT2D eigenvalue weighted by Gasteiger charge is -2.08. The molecular weight excluding hydrogens is 301 g/mol. The average Bonchev–Trinajstić information content (AvgIpc) is 2.57. The van der Waals surface area contributed by atoms with E-state index in [9.17, 15) is 19.1 Å². The van der Waals surface area contributed by atoms with Crippen LogP contribution >= 0.6 is 0 Å². The van der Waals surface area contributed by atoms with Crippen LogP contribution in [0.2, 0.25) is 0 Å². The van der Waals surface area contributed by atoms with E-state index in [0.717, 1.165) is 4.40 Å². The second kappa shape index (κ2) is 5.88. The van der Waals surface area contributed by atoms with Gasteiger partial charge in [0.1, 0.15) is 11.5 Å². The minimum Gasteiger partial charge on any atom is -0.501 e. The molecule has 3 rings (SSSR count).